The summed E-state index contributed by atoms with van der Waals surface area (Å²) in [7, 11) is 1.71. The number of nitrogens with one attached hydrogen (secondary N) is 1. The summed E-state index contributed by atoms with van der Waals surface area (Å²) >= 11 is 0. The maximum Gasteiger partial charge on any atom is 0.292 e. The Hall–Kier alpha value is -1.62. The van der Waals surface area contributed by atoms with Crippen LogP contribution in [0.5, 0.6) is 0 Å². The molecule has 1 unspecified atom stereocenters. The van der Waals surface area contributed by atoms with E-state index in [4.69, 9.17) is 0 Å². The zero-order valence-electron chi connectivity index (χ0n) is 13.0. The van der Waals surface area contributed by atoms with E-state index in [1.165, 1.54) is 25.7 Å². The van der Waals surface area contributed by atoms with Gasteiger partial charge in [-0.15, -0.1) is 0 Å². The molecule has 1 fully saturated rings. The normalized spacial score (nSPS) is 20.0. The van der Waals surface area contributed by atoms with Crippen molar-refractivity contribution in [1.82, 2.24) is 4.90 Å². The molecule has 1 saturated heterocycles. The van der Waals surface area contributed by atoms with E-state index in [1.807, 2.05) is 6.07 Å². The molecule has 1 aromatic rings. The van der Waals surface area contributed by atoms with E-state index in [0.29, 0.717) is 5.69 Å². The lowest BCUT2D eigenvalue weighted by atomic mass is 9.98. The van der Waals surface area contributed by atoms with E-state index >= 15 is 0 Å². The lowest BCUT2D eigenvalue weighted by molar-refractivity contribution is -0.384. The lowest BCUT2D eigenvalue weighted by Gasteiger charge is -2.20. The van der Waals surface area contributed by atoms with Crippen LogP contribution >= 0.6 is 0 Å². The number of hydrogen-bond donors (Lipinski definition) is 1. The highest BCUT2D eigenvalue weighted by molar-refractivity contribution is 5.62. The molecule has 0 saturated carbocycles. The Labute approximate surface area is 126 Å². The van der Waals surface area contributed by atoms with Crippen molar-refractivity contribution in [1.29, 1.82) is 0 Å². The van der Waals surface area contributed by atoms with Crippen LogP contribution in [0.15, 0.2) is 18.2 Å². The summed E-state index contributed by atoms with van der Waals surface area (Å²) in [6.07, 6.45) is 5.05. The Bertz CT molecular complexity index is 490. The quantitative estimate of drug-likeness (QED) is 0.664. The summed E-state index contributed by atoms with van der Waals surface area (Å²) in [5.41, 5.74) is 1.76. The monoisotopic (exact) mass is 291 g/mol. The summed E-state index contributed by atoms with van der Waals surface area (Å²) < 4.78 is 0. The number of nitro groups is 1. The van der Waals surface area contributed by atoms with Gasteiger partial charge in [0.15, 0.2) is 0 Å². The van der Waals surface area contributed by atoms with Gasteiger partial charge in [-0.2, -0.15) is 0 Å². The van der Waals surface area contributed by atoms with Gasteiger partial charge in [-0.25, -0.2) is 0 Å². The largest absolute Gasteiger partial charge is 0.383 e. The molecular weight excluding hydrogens is 266 g/mol. The third-order valence-electron chi connectivity index (χ3n) is 4.45. The van der Waals surface area contributed by atoms with E-state index in [2.05, 4.69) is 17.1 Å². The number of nitro benzene ring substituents is 1. The van der Waals surface area contributed by atoms with Crippen LogP contribution in [0.3, 0.4) is 0 Å². The molecular formula is C16H25N3O2. The van der Waals surface area contributed by atoms with E-state index in [0.717, 1.165) is 31.1 Å². The molecule has 1 heterocycles. The minimum absolute atomic E-state index is 0.163. The first kappa shape index (κ1) is 15.8. The third kappa shape index (κ3) is 4.17. The average Bonchev–Trinajstić information content (AvgIpc) is 2.72. The van der Waals surface area contributed by atoms with Crippen LogP contribution in [-0.4, -0.2) is 30.0 Å². The fourth-order valence-corrected chi connectivity index (χ4v) is 3.09. The number of hydrogen-bond acceptors (Lipinski definition) is 4. The summed E-state index contributed by atoms with van der Waals surface area (Å²) in [5.74, 6) is 0.844. The molecule has 0 spiro atoms. The van der Waals surface area contributed by atoms with Crippen molar-refractivity contribution in [3.63, 3.8) is 0 Å². The van der Waals surface area contributed by atoms with Gasteiger partial charge in [-0.3, -0.25) is 15.0 Å². The minimum atomic E-state index is -0.315. The molecule has 0 aromatic heterocycles. The second-order valence-corrected chi connectivity index (χ2v) is 5.84. The highest BCUT2D eigenvalue weighted by Gasteiger charge is 2.18. The smallest absolute Gasteiger partial charge is 0.292 e. The molecule has 1 atom stereocenters. The first-order chi connectivity index (χ1) is 10.1. The standard InChI is InChI=1S/C16H25N3O2/c1-3-13-5-4-9-18(10-8-13)12-14-6-7-15(17-2)16(11-14)19(20)21/h6-7,11,13,17H,3-5,8-10,12H2,1-2H3. The van der Waals surface area contributed by atoms with Crippen molar-refractivity contribution < 1.29 is 4.92 Å². The fourth-order valence-electron chi connectivity index (χ4n) is 3.09. The molecule has 1 aromatic carbocycles. The highest BCUT2D eigenvalue weighted by atomic mass is 16.6. The highest BCUT2D eigenvalue weighted by Crippen LogP contribution is 2.27. The molecule has 0 amide bonds. The van der Waals surface area contributed by atoms with Crippen molar-refractivity contribution in [2.45, 2.75) is 39.2 Å². The van der Waals surface area contributed by atoms with E-state index < -0.39 is 0 Å². The number of anilines is 1. The topological polar surface area (TPSA) is 58.4 Å². The van der Waals surface area contributed by atoms with Crippen LogP contribution in [0.25, 0.3) is 0 Å². The van der Waals surface area contributed by atoms with Crippen molar-refractivity contribution in [3.8, 4) is 0 Å². The van der Waals surface area contributed by atoms with Gasteiger partial charge in [0.2, 0.25) is 0 Å². The molecule has 0 aliphatic carbocycles. The molecule has 1 aliphatic heterocycles. The zero-order chi connectivity index (χ0) is 15.2. The zero-order valence-corrected chi connectivity index (χ0v) is 13.0. The van der Waals surface area contributed by atoms with Crippen LogP contribution in [-0.2, 0) is 6.54 Å². The van der Waals surface area contributed by atoms with Gasteiger partial charge in [-0.05, 0) is 49.9 Å². The predicted molar refractivity (Wildman–Crippen MR) is 85.6 cm³/mol. The number of likely N-dealkylation sites (tertiary alicyclic amines) is 1. The Kier molecular flexibility index (Phi) is 5.56. The van der Waals surface area contributed by atoms with Gasteiger partial charge in [0.1, 0.15) is 5.69 Å². The van der Waals surface area contributed by atoms with Crippen molar-refractivity contribution in [2.24, 2.45) is 5.92 Å². The van der Waals surface area contributed by atoms with Gasteiger partial charge in [-0.1, -0.05) is 19.4 Å². The minimum Gasteiger partial charge on any atom is -0.383 e. The van der Waals surface area contributed by atoms with Crippen LogP contribution in [0.4, 0.5) is 11.4 Å². The van der Waals surface area contributed by atoms with Gasteiger partial charge in [0.05, 0.1) is 4.92 Å². The van der Waals surface area contributed by atoms with Gasteiger partial charge in [0, 0.05) is 19.7 Å². The van der Waals surface area contributed by atoms with Gasteiger partial charge in [0.25, 0.3) is 5.69 Å². The molecule has 5 nitrogen and oxygen atoms in total. The van der Waals surface area contributed by atoms with Crippen LogP contribution < -0.4 is 5.32 Å². The maximum absolute atomic E-state index is 11.1. The van der Waals surface area contributed by atoms with Crippen molar-refractivity contribution >= 4 is 11.4 Å². The predicted octanol–water partition coefficient (Wildman–Crippen LogP) is 3.65. The summed E-state index contributed by atoms with van der Waals surface area (Å²) in [4.78, 5) is 13.2. The summed E-state index contributed by atoms with van der Waals surface area (Å²) in [6, 6.07) is 5.50. The molecule has 1 aliphatic rings. The summed E-state index contributed by atoms with van der Waals surface area (Å²) in [6.45, 7) is 5.26. The van der Waals surface area contributed by atoms with E-state index in [9.17, 15) is 10.1 Å². The number of nitrogens with zero attached hydrogens (tertiary/aromatic N) is 2. The second kappa shape index (κ2) is 7.41. The van der Waals surface area contributed by atoms with Gasteiger partial charge >= 0.3 is 0 Å². The number of benzene rings is 1. The SMILES string of the molecule is CCC1CCCN(Cc2ccc(NC)c([N+](=O)[O-])c2)CC1. The molecule has 0 bridgehead atoms. The average molecular weight is 291 g/mol. The molecule has 5 heteroatoms. The van der Waals surface area contributed by atoms with Crippen LogP contribution in [0.2, 0.25) is 0 Å². The second-order valence-electron chi connectivity index (χ2n) is 5.84. The number of rotatable bonds is 5. The molecule has 21 heavy (non-hydrogen) atoms. The Morgan fingerprint density at radius 1 is 1.38 bits per heavy atom. The molecule has 2 rings (SSSR count). The van der Waals surface area contributed by atoms with Crippen molar-refractivity contribution in [2.75, 3.05) is 25.5 Å². The van der Waals surface area contributed by atoms with Crippen LogP contribution in [0.1, 0.15) is 38.2 Å². The lowest BCUT2D eigenvalue weighted by Crippen LogP contribution is -2.24. The third-order valence-corrected chi connectivity index (χ3v) is 4.45. The fraction of sp³-hybridized carbons (Fsp3) is 0.625. The van der Waals surface area contributed by atoms with E-state index in [-0.39, 0.29) is 10.6 Å². The molecule has 1 N–H and O–H groups in total. The Morgan fingerprint density at radius 3 is 2.86 bits per heavy atom. The van der Waals surface area contributed by atoms with Crippen LogP contribution in [0, 0.1) is 16.0 Å². The van der Waals surface area contributed by atoms with Crippen molar-refractivity contribution in [3.05, 3.63) is 33.9 Å². The van der Waals surface area contributed by atoms with E-state index in [1.54, 1.807) is 19.2 Å². The Morgan fingerprint density at radius 2 is 2.19 bits per heavy atom. The Balaban J connectivity index is 2.05. The first-order valence-electron chi connectivity index (χ1n) is 7.81. The maximum atomic E-state index is 11.1. The first-order valence-corrected chi connectivity index (χ1v) is 7.81. The molecule has 116 valence electrons. The molecule has 0 radical (unpaired) electrons. The van der Waals surface area contributed by atoms with Gasteiger partial charge < -0.3 is 5.32 Å². The summed E-state index contributed by atoms with van der Waals surface area (Å²) in [5, 5.41) is 14.0.